The maximum absolute atomic E-state index is 12.1. The summed E-state index contributed by atoms with van der Waals surface area (Å²) in [6, 6.07) is 4.58. The molecule has 0 unspecified atom stereocenters. The largest absolute Gasteiger partial charge is 0.481 e. The minimum Gasteiger partial charge on any atom is -0.481 e. The number of nitrogens with zero attached hydrogens (tertiary/aromatic N) is 2. The summed E-state index contributed by atoms with van der Waals surface area (Å²) < 4.78 is 0. The van der Waals surface area contributed by atoms with E-state index in [1.807, 2.05) is 6.92 Å². The van der Waals surface area contributed by atoms with Crippen LogP contribution >= 0.6 is 0 Å². The fraction of sp³-hybridized carbons (Fsp3) is 0.696. The summed E-state index contributed by atoms with van der Waals surface area (Å²) in [6.07, 6.45) is 7.82. The van der Waals surface area contributed by atoms with E-state index in [1.165, 1.54) is 17.7 Å². The number of aromatic nitrogens is 1. The molecular weight excluding hydrogens is 380 g/mol. The van der Waals surface area contributed by atoms with Crippen LogP contribution in [0.2, 0.25) is 0 Å². The minimum atomic E-state index is -0.806. The second kappa shape index (κ2) is 11.3. The second-order valence-electron chi connectivity index (χ2n) is 8.63. The molecule has 2 atom stereocenters. The number of carboxylic acid groups (broad SMARTS) is 1. The predicted molar refractivity (Wildman–Crippen MR) is 118 cm³/mol. The number of anilines is 1. The van der Waals surface area contributed by atoms with Crippen molar-refractivity contribution in [2.45, 2.75) is 70.8 Å². The summed E-state index contributed by atoms with van der Waals surface area (Å²) in [7, 11) is 0. The first-order chi connectivity index (χ1) is 14.5. The van der Waals surface area contributed by atoms with Crippen molar-refractivity contribution in [2.24, 2.45) is 5.92 Å². The SMILES string of the molecule is CC[C@@H](CCC(=O)N[C@@H]1CCN(CCCCc2ccc3c(n2)NCCC3)C1)C(=O)O. The molecule has 1 aromatic heterocycles. The summed E-state index contributed by atoms with van der Waals surface area (Å²) in [6.45, 7) is 5.83. The van der Waals surface area contributed by atoms with Gasteiger partial charge in [-0.25, -0.2) is 4.98 Å². The molecule has 1 amide bonds. The molecular formula is C23H36N4O3. The third kappa shape index (κ3) is 6.69. The number of hydrogen-bond donors (Lipinski definition) is 3. The first kappa shape index (κ1) is 22.5. The van der Waals surface area contributed by atoms with Gasteiger partial charge in [-0.05, 0) is 69.5 Å². The minimum absolute atomic E-state index is 0.0198. The topological polar surface area (TPSA) is 94.6 Å². The molecule has 3 rings (SSSR count). The van der Waals surface area contributed by atoms with Crippen molar-refractivity contribution in [1.82, 2.24) is 15.2 Å². The highest BCUT2D eigenvalue weighted by molar-refractivity contribution is 5.77. The molecule has 0 bridgehead atoms. The van der Waals surface area contributed by atoms with Crippen LogP contribution in [0, 0.1) is 5.92 Å². The molecule has 2 aliphatic heterocycles. The van der Waals surface area contributed by atoms with E-state index < -0.39 is 11.9 Å². The highest BCUT2D eigenvalue weighted by Crippen LogP contribution is 2.20. The number of carboxylic acids is 1. The Morgan fingerprint density at radius 3 is 3.03 bits per heavy atom. The van der Waals surface area contributed by atoms with E-state index in [2.05, 4.69) is 27.7 Å². The second-order valence-corrected chi connectivity index (χ2v) is 8.63. The Labute approximate surface area is 179 Å². The molecule has 1 aromatic rings. The lowest BCUT2D eigenvalue weighted by molar-refractivity contribution is -0.142. The Morgan fingerprint density at radius 2 is 2.23 bits per heavy atom. The summed E-state index contributed by atoms with van der Waals surface area (Å²) in [5.41, 5.74) is 2.50. The van der Waals surface area contributed by atoms with Gasteiger partial charge in [-0.15, -0.1) is 0 Å². The van der Waals surface area contributed by atoms with Gasteiger partial charge in [0, 0.05) is 37.8 Å². The summed E-state index contributed by atoms with van der Waals surface area (Å²) in [5.74, 6) is -0.172. The van der Waals surface area contributed by atoms with E-state index in [0.717, 1.165) is 64.1 Å². The molecule has 2 aliphatic rings. The number of fused-ring (bicyclic) bond motifs is 1. The molecule has 7 heteroatoms. The number of amides is 1. The number of likely N-dealkylation sites (tertiary alicyclic amines) is 1. The predicted octanol–water partition coefficient (Wildman–Crippen LogP) is 2.84. The smallest absolute Gasteiger partial charge is 0.306 e. The number of carbonyl (C=O) groups excluding carboxylic acids is 1. The van der Waals surface area contributed by atoms with Gasteiger partial charge in [-0.1, -0.05) is 13.0 Å². The molecule has 0 aliphatic carbocycles. The van der Waals surface area contributed by atoms with Gasteiger partial charge in [0.05, 0.1) is 5.92 Å². The van der Waals surface area contributed by atoms with Crippen molar-refractivity contribution < 1.29 is 14.7 Å². The maximum atomic E-state index is 12.1. The number of rotatable bonds is 11. The van der Waals surface area contributed by atoms with Gasteiger partial charge in [0.25, 0.3) is 0 Å². The zero-order valence-corrected chi connectivity index (χ0v) is 18.2. The van der Waals surface area contributed by atoms with Crippen molar-refractivity contribution in [3.63, 3.8) is 0 Å². The van der Waals surface area contributed by atoms with E-state index in [9.17, 15) is 9.59 Å². The number of nitrogens with one attached hydrogen (secondary N) is 2. The molecule has 0 radical (unpaired) electrons. The fourth-order valence-electron chi connectivity index (χ4n) is 4.41. The highest BCUT2D eigenvalue weighted by atomic mass is 16.4. The first-order valence-electron chi connectivity index (χ1n) is 11.5. The van der Waals surface area contributed by atoms with Gasteiger partial charge >= 0.3 is 5.97 Å². The maximum Gasteiger partial charge on any atom is 0.306 e. The van der Waals surface area contributed by atoms with Gasteiger partial charge in [0.1, 0.15) is 5.82 Å². The van der Waals surface area contributed by atoms with E-state index in [1.54, 1.807) is 0 Å². The van der Waals surface area contributed by atoms with Crippen molar-refractivity contribution in [3.8, 4) is 0 Å². The molecule has 30 heavy (non-hydrogen) atoms. The molecule has 7 nitrogen and oxygen atoms in total. The average Bonchev–Trinajstić information content (AvgIpc) is 3.18. The molecule has 1 saturated heterocycles. The normalized spacial score (nSPS) is 19.7. The Kier molecular flexibility index (Phi) is 8.49. The Bertz CT molecular complexity index is 724. The van der Waals surface area contributed by atoms with Crippen LogP contribution in [0.15, 0.2) is 12.1 Å². The van der Waals surface area contributed by atoms with Crippen molar-refractivity contribution >= 4 is 17.7 Å². The quantitative estimate of drug-likeness (QED) is 0.480. The van der Waals surface area contributed by atoms with Gasteiger partial charge < -0.3 is 20.6 Å². The lowest BCUT2D eigenvalue weighted by Gasteiger charge is -2.18. The van der Waals surface area contributed by atoms with Crippen molar-refractivity contribution in [1.29, 1.82) is 0 Å². The Morgan fingerprint density at radius 1 is 1.37 bits per heavy atom. The average molecular weight is 417 g/mol. The van der Waals surface area contributed by atoms with Crippen LogP contribution in [0.25, 0.3) is 0 Å². The van der Waals surface area contributed by atoms with Gasteiger partial charge in [0.2, 0.25) is 5.91 Å². The molecule has 0 spiro atoms. The highest BCUT2D eigenvalue weighted by Gasteiger charge is 2.24. The van der Waals surface area contributed by atoms with E-state index >= 15 is 0 Å². The standard InChI is InChI=1S/C23H36N4O3/c1-2-17(23(29)30)9-11-21(28)25-20-12-15-27(16-20)14-4-3-7-19-10-8-18-6-5-13-24-22(18)26-19/h8,10,17,20H,2-7,9,11-16H2,1H3,(H,24,26)(H,25,28)(H,29,30)/t17-,20+/m0/s1. The van der Waals surface area contributed by atoms with Crippen molar-refractivity contribution in [3.05, 3.63) is 23.4 Å². The Balaban J connectivity index is 1.30. The zero-order chi connectivity index (χ0) is 21.3. The fourth-order valence-corrected chi connectivity index (χ4v) is 4.41. The number of carbonyl (C=O) groups is 2. The summed E-state index contributed by atoms with van der Waals surface area (Å²) in [5, 5.41) is 15.6. The molecule has 3 heterocycles. The number of pyridine rings is 1. The number of hydrogen-bond acceptors (Lipinski definition) is 5. The number of unbranched alkanes of at least 4 members (excludes halogenated alkanes) is 1. The lowest BCUT2D eigenvalue weighted by Crippen LogP contribution is -2.37. The molecule has 1 fully saturated rings. The third-order valence-corrected chi connectivity index (χ3v) is 6.31. The molecule has 3 N–H and O–H groups in total. The number of aryl methyl sites for hydroxylation is 2. The zero-order valence-electron chi connectivity index (χ0n) is 18.2. The molecule has 166 valence electrons. The molecule has 0 aromatic carbocycles. The Hall–Kier alpha value is -2.15. The monoisotopic (exact) mass is 416 g/mol. The van der Waals surface area contributed by atoms with E-state index in [0.29, 0.717) is 19.3 Å². The van der Waals surface area contributed by atoms with Crippen LogP contribution in [-0.4, -0.2) is 59.1 Å². The van der Waals surface area contributed by atoms with Crippen molar-refractivity contribution in [2.75, 3.05) is 31.5 Å². The van der Waals surface area contributed by atoms with Gasteiger partial charge in [-0.2, -0.15) is 0 Å². The van der Waals surface area contributed by atoms with Crippen LogP contribution in [0.3, 0.4) is 0 Å². The summed E-state index contributed by atoms with van der Waals surface area (Å²) in [4.78, 5) is 30.4. The van der Waals surface area contributed by atoms with Crippen LogP contribution in [0.5, 0.6) is 0 Å². The lowest BCUT2D eigenvalue weighted by atomic mass is 10.0. The van der Waals surface area contributed by atoms with Crippen LogP contribution in [0.4, 0.5) is 5.82 Å². The van der Waals surface area contributed by atoms with Crippen LogP contribution in [-0.2, 0) is 22.4 Å². The summed E-state index contributed by atoms with van der Waals surface area (Å²) >= 11 is 0. The van der Waals surface area contributed by atoms with Crippen LogP contribution in [0.1, 0.15) is 63.1 Å². The van der Waals surface area contributed by atoms with E-state index in [-0.39, 0.29) is 11.9 Å². The first-order valence-corrected chi connectivity index (χ1v) is 11.5. The van der Waals surface area contributed by atoms with E-state index in [4.69, 9.17) is 10.1 Å². The third-order valence-electron chi connectivity index (χ3n) is 6.31. The van der Waals surface area contributed by atoms with Crippen LogP contribution < -0.4 is 10.6 Å². The van der Waals surface area contributed by atoms with Gasteiger partial charge in [0.15, 0.2) is 0 Å². The molecule has 0 saturated carbocycles. The number of aliphatic carboxylic acids is 1. The van der Waals surface area contributed by atoms with Gasteiger partial charge in [-0.3, -0.25) is 9.59 Å².